The number of pyridine rings is 1. The number of carbonyl (C=O) groups is 1. The summed E-state index contributed by atoms with van der Waals surface area (Å²) in [7, 11) is -3.99. The molecule has 0 bridgehead atoms. The van der Waals surface area contributed by atoms with Gasteiger partial charge in [-0.05, 0) is 12.1 Å². The standard InChI is InChI=1S/C11H13N5O3S/c12-6-8-10(2-1-3-15-8)20(18,19)16-5-4-14-7-9(16)11(13)17/h1-3,9,14H,4-5,7H2,(H2,13,17). The fourth-order valence-corrected chi connectivity index (χ4v) is 3.72. The number of hydrogen-bond acceptors (Lipinski definition) is 6. The van der Waals surface area contributed by atoms with E-state index in [4.69, 9.17) is 11.0 Å². The topological polar surface area (TPSA) is 129 Å². The predicted octanol–water partition coefficient (Wildman–Crippen LogP) is -1.60. The third-order valence-corrected chi connectivity index (χ3v) is 4.93. The molecule has 1 unspecified atom stereocenters. The monoisotopic (exact) mass is 295 g/mol. The van der Waals surface area contributed by atoms with Crippen molar-refractivity contribution in [3.05, 3.63) is 24.0 Å². The van der Waals surface area contributed by atoms with Crippen LogP contribution in [-0.2, 0) is 14.8 Å². The fraction of sp³-hybridized carbons (Fsp3) is 0.364. The van der Waals surface area contributed by atoms with Crippen LogP contribution in [0.5, 0.6) is 0 Å². The van der Waals surface area contributed by atoms with Gasteiger partial charge in [0.05, 0.1) is 0 Å². The van der Waals surface area contributed by atoms with Crippen molar-refractivity contribution in [1.29, 1.82) is 5.26 Å². The molecule has 1 fully saturated rings. The lowest BCUT2D eigenvalue weighted by Crippen LogP contribution is -2.58. The molecule has 1 saturated heterocycles. The number of nitrogens with one attached hydrogen (secondary N) is 1. The number of hydrogen-bond donors (Lipinski definition) is 2. The highest BCUT2D eigenvalue weighted by atomic mass is 32.2. The smallest absolute Gasteiger partial charge is 0.246 e. The van der Waals surface area contributed by atoms with Gasteiger partial charge in [-0.25, -0.2) is 13.4 Å². The number of carbonyl (C=O) groups excluding carboxylic acids is 1. The molecule has 0 aliphatic carbocycles. The first-order chi connectivity index (χ1) is 9.48. The van der Waals surface area contributed by atoms with E-state index in [0.29, 0.717) is 6.54 Å². The second-order valence-electron chi connectivity index (χ2n) is 4.20. The highest BCUT2D eigenvalue weighted by Gasteiger charge is 2.37. The maximum Gasteiger partial charge on any atom is 0.246 e. The largest absolute Gasteiger partial charge is 0.368 e. The Kier molecular flexibility index (Phi) is 3.99. The van der Waals surface area contributed by atoms with Crippen molar-refractivity contribution in [2.75, 3.05) is 19.6 Å². The summed E-state index contributed by atoms with van der Waals surface area (Å²) >= 11 is 0. The molecule has 1 amide bonds. The van der Waals surface area contributed by atoms with E-state index >= 15 is 0 Å². The van der Waals surface area contributed by atoms with E-state index in [-0.39, 0.29) is 23.7 Å². The number of nitriles is 1. The molecule has 9 heteroatoms. The minimum atomic E-state index is -3.99. The van der Waals surface area contributed by atoms with Crippen molar-refractivity contribution in [3.8, 4) is 6.07 Å². The van der Waals surface area contributed by atoms with Crippen LogP contribution in [0.15, 0.2) is 23.2 Å². The van der Waals surface area contributed by atoms with Crippen LogP contribution in [0.3, 0.4) is 0 Å². The van der Waals surface area contributed by atoms with Gasteiger partial charge in [-0.3, -0.25) is 4.79 Å². The molecule has 20 heavy (non-hydrogen) atoms. The number of sulfonamides is 1. The number of nitrogens with two attached hydrogens (primary N) is 1. The Hall–Kier alpha value is -2.02. The predicted molar refractivity (Wildman–Crippen MR) is 68.7 cm³/mol. The maximum absolute atomic E-state index is 12.6. The summed E-state index contributed by atoms with van der Waals surface area (Å²) in [4.78, 5) is 14.9. The van der Waals surface area contributed by atoms with Gasteiger partial charge in [0, 0.05) is 25.8 Å². The maximum atomic E-state index is 12.6. The SMILES string of the molecule is N#Cc1ncccc1S(=O)(=O)N1CCNCC1C(N)=O. The lowest BCUT2D eigenvalue weighted by Gasteiger charge is -2.33. The zero-order valence-corrected chi connectivity index (χ0v) is 11.3. The van der Waals surface area contributed by atoms with Crippen molar-refractivity contribution < 1.29 is 13.2 Å². The molecular weight excluding hydrogens is 282 g/mol. The Morgan fingerprint density at radius 2 is 2.35 bits per heavy atom. The van der Waals surface area contributed by atoms with E-state index in [0.717, 1.165) is 4.31 Å². The third kappa shape index (κ3) is 2.49. The molecule has 3 N–H and O–H groups in total. The molecule has 2 heterocycles. The molecule has 1 aromatic heterocycles. The summed E-state index contributed by atoms with van der Waals surface area (Å²) in [6, 6.07) is 3.48. The molecule has 0 saturated carbocycles. The highest BCUT2D eigenvalue weighted by Crippen LogP contribution is 2.21. The van der Waals surface area contributed by atoms with Crippen LogP contribution in [0.4, 0.5) is 0 Å². The second kappa shape index (κ2) is 5.54. The van der Waals surface area contributed by atoms with Crippen LogP contribution in [0.1, 0.15) is 5.69 Å². The zero-order chi connectivity index (χ0) is 14.8. The van der Waals surface area contributed by atoms with E-state index in [2.05, 4.69) is 10.3 Å². The number of primary amides is 1. The van der Waals surface area contributed by atoms with Crippen LogP contribution in [0, 0.1) is 11.3 Å². The van der Waals surface area contributed by atoms with Gasteiger partial charge in [-0.1, -0.05) is 0 Å². The Morgan fingerprint density at radius 3 is 3.00 bits per heavy atom. The summed E-state index contributed by atoms with van der Waals surface area (Å²) in [5.41, 5.74) is 5.04. The molecule has 1 aromatic rings. The Bertz CT molecular complexity index is 667. The highest BCUT2D eigenvalue weighted by molar-refractivity contribution is 7.89. The first-order valence-electron chi connectivity index (χ1n) is 5.85. The van der Waals surface area contributed by atoms with Crippen LogP contribution in [0.25, 0.3) is 0 Å². The van der Waals surface area contributed by atoms with E-state index in [9.17, 15) is 13.2 Å². The summed E-state index contributed by atoms with van der Waals surface area (Å²) in [5.74, 6) is -0.733. The molecule has 8 nitrogen and oxygen atoms in total. The van der Waals surface area contributed by atoms with E-state index in [1.807, 2.05) is 0 Å². The minimum Gasteiger partial charge on any atom is -0.368 e. The van der Waals surface area contributed by atoms with Gasteiger partial charge in [-0.15, -0.1) is 0 Å². The van der Waals surface area contributed by atoms with Gasteiger partial charge in [0.1, 0.15) is 17.0 Å². The number of amides is 1. The number of rotatable bonds is 3. The fourth-order valence-electron chi connectivity index (χ4n) is 2.02. The van der Waals surface area contributed by atoms with E-state index in [1.165, 1.54) is 18.3 Å². The molecule has 1 atom stereocenters. The summed E-state index contributed by atoms with van der Waals surface area (Å²) in [6.07, 6.45) is 1.33. The lowest BCUT2D eigenvalue weighted by molar-refractivity contribution is -0.122. The van der Waals surface area contributed by atoms with Crippen molar-refractivity contribution in [2.45, 2.75) is 10.9 Å². The van der Waals surface area contributed by atoms with Crippen molar-refractivity contribution in [2.24, 2.45) is 5.73 Å². The van der Waals surface area contributed by atoms with Gasteiger partial charge in [0.25, 0.3) is 0 Å². The molecule has 0 radical (unpaired) electrons. The average Bonchev–Trinajstić information content (AvgIpc) is 2.47. The van der Waals surface area contributed by atoms with Crippen molar-refractivity contribution in [1.82, 2.24) is 14.6 Å². The average molecular weight is 295 g/mol. The van der Waals surface area contributed by atoms with Gasteiger partial charge >= 0.3 is 0 Å². The zero-order valence-electron chi connectivity index (χ0n) is 10.5. The first-order valence-corrected chi connectivity index (χ1v) is 7.29. The Balaban J connectivity index is 2.48. The number of nitrogens with zero attached hydrogens (tertiary/aromatic N) is 3. The second-order valence-corrected chi connectivity index (χ2v) is 6.06. The van der Waals surface area contributed by atoms with Crippen LogP contribution < -0.4 is 11.1 Å². The van der Waals surface area contributed by atoms with Crippen molar-refractivity contribution in [3.63, 3.8) is 0 Å². The van der Waals surface area contributed by atoms with Gasteiger partial charge in [-0.2, -0.15) is 9.57 Å². The molecule has 1 aliphatic heterocycles. The normalized spacial score (nSPS) is 20.2. The number of aromatic nitrogens is 1. The summed E-state index contributed by atoms with van der Waals surface area (Å²) in [5, 5.41) is 11.9. The van der Waals surface area contributed by atoms with Gasteiger partial charge < -0.3 is 11.1 Å². The summed E-state index contributed by atoms with van der Waals surface area (Å²) < 4.78 is 26.2. The molecule has 0 aromatic carbocycles. The van der Waals surface area contributed by atoms with Gasteiger partial charge in [0.2, 0.25) is 15.9 Å². The van der Waals surface area contributed by atoms with Crippen LogP contribution >= 0.6 is 0 Å². The Labute approximate surface area is 116 Å². The quantitative estimate of drug-likeness (QED) is 0.691. The molecule has 1 aliphatic rings. The van der Waals surface area contributed by atoms with Crippen LogP contribution in [-0.4, -0.2) is 49.3 Å². The molecular formula is C11H13N5O3S. The molecule has 106 valence electrons. The first kappa shape index (κ1) is 14.4. The third-order valence-electron chi connectivity index (χ3n) is 2.99. The van der Waals surface area contributed by atoms with E-state index < -0.39 is 22.0 Å². The van der Waals surface area contributed by atoms with E-state index in [1.54, 1.807) is 6.07 Å². The minimum absolute atomic E-state index is 0.107. The molecule has 2 rings (SSSR count). The Morgan fingerprint density at radius 1 is 1.60 bits per heavy atom. The lowest BCUT2D eigenvalue weighted by atomic mass is 10.2. The molecule has 0 spiro atoms. The van der Waals surface area contributed by atoms with Gasteiger partial charge in [0.15, 0.2) is 5.69 Å². The summed E-state index contributed by atoms with van der Waals surface area (Å²) in [6.45, 7) is 0.664. The van der Waals surface area contributed by atoms with Crippen LogP contribution in [0.2, 0.25) is 0 Å². The number of piperazine rings is 1. The van der Waals surface area contributed by atoms with Crippen molar-refractivity contribution >= 4 is 15.9 Å².